The molecule has 5 nitrogen and oxygen atoms in total. The van der Waals surface area contributed by atoms with Gasteiger partial charge in [-0.25, -0.2) is 0 Å². The van der Waals surface area contributed by atoms with E-state index in [1.165, 1.54) is 11.1 Å². The third-order valence-electron chi connectivity index (χ3n) is 4.58. The van der Waals surface area contributed by atoms with Crippen LogP contribution in [0.4, 0.5) is 5.69 Å². The molecule has 1 atom stereocenters. The van der Waals surface area contributed by atoms with Crippen LogP contribution in [0.2, 0.25) is 0 Å². The third-order valence-corrected chi connectivity index (χ3v) is 4.58. The Morgan fingerprint density at radius 3 is 2.32 bits per heavy atom. The molecule has 4 rings (SSSR count). The molecule has 3 aromatic rings. The maximum Gasteiger partial charge on any atom is 0.257 e. The Morgan fingerprint density at radius 1 is 1.00 bits per heavy atom. The number of hydrogen-bond acceptors (Lipinski definition) is 4. The van der Waals surface area contributed by atoms with Crippen LogP contribution >= 0.6 is 0 Å². The van der Waals surface area contributed by atoms with Crippen molar-refractivity contribution < 1.29 is 9.32 Å². The van der Waals surface area contributed by atoms with Crippen LogP contribution in [0.15, 0.2) is 53.1 Å². The zero-order chi connectivity index (χ0) is 17.4. The van der Waals surface area contributed by atoms with Crippen LogP contribution in [0.3, 0.4) is 0 Å². The first-order valence-electron chi connectivity index (χ1n) is 8.38. The molecule has 0 aliphatic carbocycles. The molecule has 2 heterocycles. The Hall–Kier alpha value is -2.95. The van der Waals surface area contributed by atoms with Crippen LogP contribution in [0.1, 0.15) is 29.3 Å². The number of rotatable bonds is 3. The van der Waals surface area contributed by atoms with Crippen molar-refractivity contribution in [1.29, 1.82) is 0 Å². The van der Waals surface area contributed by atoms with Crippen molar-refractivity contribution in [2.45, 2.75) is 26.2 Å². The number of carbonyl (C=O) groups is 1. The first kappa shape index (κ1) is 15.6. The minimum atomic E-state index is -0.0447. The maximum absolute atomic E-state index is 12.4. The van der Waals surface area contributed by atoms with E-state index in [4.69, 9.17) is 4.52 Å². The number of aromatic nitrogens is 2. The van der Waals surface area contributed by atoms with Crippen LogP contribution in [-0.4, -0.2) is 22.6 Å². The fourth-order valence-corrected chi connectivity index (χ4v) is 3.07. The van der Waals surface area contributed by atoms with Gasteiger partial charge in [0.1, 0.15) is 0 Å². The summed E-state index contributed by atoms with van der Waals surface area (Å²) in [7, 11) is 0. The Kier molecular flexibility index (Phi) is 3.84. The van der Waals surface area contributed by atoms with E-state index in [1.807, 2.05) is 62.4 Å². The second-order valence-electron chi connectivity index (χ2n) is 6.56. The SMILES string of the molecule is Cc1ccc(-c2nc(C3CC(=O)N(c4ccc(C)cc4)C3)no2)cc1. The number of carbonyl (C=O) groups excluding carboxylic acids is 1. The summed E-state index contributed by atoms with van der Waals surface area (Å²) >= 11 is 0. The van der Waals surface area contributed by atoms with Gasteiger partial charge in [0.25, 0.3) is 5.89 Å². The van der Waals surface area contributed by atoms with E-state index >= 15 is 0 Å². The summed E-state index contributed by atoms with van der Waals surface area (Å²) in [6.45, 7) is 4.64. The number of hydrogen-bond donors (Lipinski definition) is 0. The lowest BCUT2D eigenvalue weighted by molar-refractivity contribution is -0.117. The smallest absolute Gasteiger partial charge is 0.257 e. The van der Waals surface area contributed by atoms with Crippen LogP contribution in [0.25, 0.3) is 11.5 Å². The van der Waals surface area contributed by atoms with Crippen molar-refractivity contribution in [2.24, 2.45) is 0 Å². The monoisotopic (exact) mass is 333 g/mol. The molecule has 1 unspecified atom stereocenters. The summed E-state index contributed by atoms with van der Waals surface area (Å²) in [4.78, 5) is 18.7. The molecule has 1 saturated heterocycles. The number of anilines is 1. The molecule has 1 aliphatic rings. The maximum atomic E-state index is 12.4. The standard InChI is InChI=1S/C20H19N3O2/c1-13-3-7-15(8-4-13)20-21-19(22-25-20)16-11-18(24)23(12-16)17-9-5-14(2)6-10-17/h3-10,16H,11-12H2,1-2H3. The minimum Gasteiger partial charge on any atom is -0.334 e. The normalized spacial score (nSPS) is 17.3. The highest BCUT2D eigenvalue weighted by Crippen LogP contribution is 2.31. The summed E-state index contributed by atoms with van der Waals surface area (Å²) < 4.78 is 5.40. The van der Waals surface area contributed by atoms with Gasteiger partial charge in [-0.3, -0.25) is 4.79 Å². The van der Waals surface area contributed by atoms with Gasteiger partial charge >= 0.3 is 0 Å². The largest absolute Gasteiger partial charge is 0.334 e. The molecule has 2 aromatic carbocycles. The lowest BCUT2D eigenvalue weighted by Gasteiger charge is -2.16. The fourth-order valence-electron chi connectivity index (χ4n) is 3.07. The highest BCUT2D eigenvalue weighted by Gasteiger charge is 2.34. The number of aryl methyl sites for hydroxylation is 2. The predicted octanol–water partition coefficient (Wildman–Crippen LogP) is 3.87. The summed E-state index contributed by atoms with van der Waals surface area (Å²) in [6, 6.07) is 15.9. The molecule has 25 heavy (non-hydrogen) atoms. The average Bonchev–Trinajstić information content (AvgIpc) is 3.23. The zero-order valence-corrected chi connectivity index (χ0v) is 14.3. The lowest BCUT2D eigenvalue weighted by Crippen LogP contribution is -2.24. The molecule has 1 fully saturated rings. The van der Waals surface area contributed by atoms with Crippen molar-refractivity contribution in [1.82, 2.24) is 10.1 Å². The van der Waals surface area contributed by atoms with E-state index in [2.05, 4.69) is 10.1 Å². The van der Waals surface area contributed by atoms with Gasteiger partial charge in [-0.15, -0.1) is 0 Å². The molecule has 126 valence electrons. The molecule has 0 spiro atoms. The Morgan fingerprint density at radius 2 is 1.64 bits per heavy atom. The van der Waals surface area contributed by atoms with E-state index in [1.54, 1.807) is 4.90 Å². The van der Waals surface area contributed by atoms with Crippen LogP contribution in [0, 0.1) is 13.8 Å². The molecule has 0 radical (unpaired) electrons. The van der Waals surface area contributed by atoms with E-state index in [9.17, 15) is 4.79 Å². The molecule has 1 amide bonds. The molecular weight excluding hydrogens is 314 g/mol. The van der Waals surface area contributed by atoms with Crippen molar-refractivity contribution in [3.05, 3.63) is 65.5 Å². The van der Waals surface area contributed by atoms with Gasteiger partial charge < -0.3 is 9.42 Å². The van der Waals surface area contributed by atoms with Gasteiger partial charge in [-0.2, -0.15) is 4.98 Å². The summed E-state index contributed by atoms with van der Waals surface area (Å²) in [5, 5.41) is 4.11. The van der Waals surface area contributed by atoms with Gasteiger partial charge in [0.2, 0.25) is 5.91 Å². The molecular formula is C20H19N3O2. The molecule has 0 bridgehead atoms. The Bertz CT molecular complexity index is 897. The van der Waals surface area contributed by atoms with Crippen molar-refractivity contribution in [2.75, 3.05) is 11.4 Å². The number of benzene rings is 2. The topological polar surface area (TPSA) is 59.2 Å². The van der Waals surface area contributed by atoms with Gasteiger partial charge in [0, 0.05) is 30.1 Å². The van der Waals surface area contributed by atoms with E-state index in [0.29, 0.717) is 24.7 Å². The van der Waals surface area contributed by atoms with Crippen molar-refractivity contribution in [3.63, 3.8) is 0 Å². The summed E-state index contributed by atoms with van der Waals surface area (Å²) in [5.74, 6) is 1.14. The zero-order valence-electron chi connectivity index (χ0n) is 14.3. The molecule has 1 aliphatic heterocycles. The molecule has 1 aromatic heterocycles. The first-order valence-corrected chi connectivity index (χ1v) is 8.38. The van der Waals surface area contributed by atoms with Gasteiger partial charge in [-0.1, -0.05) is 40.5 Å². The second-order valence-corrected chi connectivity index (χ2v) is 6.56. The van der Waals surface area contributed by atoms with Gasteiger partial charge in [-0.05, 0) is 38.1 Å². The van der Waals surface area contributed by atoms with Crippen molar-refractivity contribution >= 4 is 11.6 Å². The van der Waals surface area contributed by atoms with E-state index in [-0.39, 0.29) is 11.8 Å². The Balaban J connectivity index is 1.54. The van der Waals surface area contributed by atoms with Crippen LogP contribution in [-0.2, 0) is 4.79 Å². The second kappa shape index (κ2) is 6.16. The predicted molar refractivity (Wildman–Crippen MR) is 95.4 cm³/mol. The average molecular weight is 333 g/mol. The van der Waals surface area contributed by atoms with Gasteiger partial charge in [0.05, 0.1) is 0 Å². The molecule has 0 N–H and O–H groups in total. The van der Waals surface area contributed by atoms with Crippen LogP contribution in [0.5, 0.6) is 0 Å². The third kappa shape index (κ3) is 3.05. The van der Waals surface area contributed by atoms with Gasteiger partial charge in [0.15, 0.2) is 5.82 Å². The lowest BCUT2D eigenvalue weighted by atomic mass is 10.1. The number of amides is 1. The molecule has 5 heteroatoms. The summed E-state index contributed by atoms with van der Waals surface area (Å²) in [5.41, 5.74) is 4.16. The highest BCUT2D eigenvalue weighted by molar-refractivity contribution is 5.96. The quantitative estimate of drug-likeness (QED) is 0.730. The minimum absolute atomic E-state index is 0.0447. The highest BCUT2D eigenvalue weighted by atomic mass is 16.5. The number of nitrogens with zero attached hydrogens (tertiary/aromatic N) is 3. The van der Waals surface area contributed by atoms with Crippen LogP contribution < -0.4 is 4.90 Å². The Labute approximate surface area is 146 Å². The van der Waals surface area contributed by atoms with E-state index < -0.39 is 0 Å². The van der Waals surface area contributed by atoms with E-state index in [0.717, 1.165) is 11.3 Å². The summed E-state index contributed by atoms with van der Waals surface area (Å²) in [6.07, 6.45) is 0.404. The molecule has 0 saturated carbocycles. The van der Waals surface area contributed by atoms with Crippen molar-refractivity contribution in [3.8, 4) is 11.5 Å². The first-order chi connectivity index (χ1) is 12.1. The fraction of sp³-hybridized carbons (Fsp3) is 0.250.